The Bertz CT molecular complexity index is 4120. The third kappa shape index (κ3) is 7.11. The summed E-state index contributed by atoms with van der Waals surface area (Å²) in [6, 6.07) is 91.2. The highest BCUT2D eigenvalue weighted by molar-refractivity contribution is 5.92. The molecule has 14 rings (SSSR count). The monoisotopic (exact) mass is 958 g/mol. The van der Waals surface area contributed by atoms with Crippen molar-refractivity contribution in [2.24, 2.45) is 0 Å². The van der Waals surface area contributed by atoms with Gasteiger partial charge in [0, 0.05) is 16.2 Å². The summed E-state index contributed by atoms with van der Waals surface area (Å²) in [7, 11) is 0. The van der Waals surface area contributed by atoms with Crippen LogP contribution in [0.15, 0.2) is 243 Å². The van der Waals surface area contributed by atoms with Crippen molar-refractivity contribution < 1.29 is 0 Å². The maximum absolute atomic E-state index is 2.48. The standard InChI is InChI=1S/C75H58/c1-73(2)67-41-53(52-24-16-23-51(40-52)50-22-15-21-49(39-50)47-17-9-7-10-18-47)27-33-61(67)62-34-28-54(42-68(62)73)55-29-35-63-64-36-30-56(44-70(64)74(3,4)69(63)43-55)57-31-37-65-66-38-32-58(46-72(66)75(5,6)71(65)45-57)60-26-14-13-25-59(60)48-19-11-8-12-20-48/h7-46H,1-6H3. The summed E-state index contributed by atoms with van der Waals surface area (Å²) in [4.78, 5) is 0. The fraction of sp³-hybridized carbons (Fsp3) is 0.120. The number of hydrogen-bond donors (Lipinski definition) is 0. The predicted molar refractivity (Wildman–Crippen MR) is 317 cm³/mol. The van der Waals surface area contributed by atoms with Gasteiger partial charge in [-0.05, 0) is 193 Å². The van der Waals surface area contributed by atoms with Crippen LogP contribution in [-0.4, -0.2) is 0 Å². The molecule has 11 aromatic rings. The topological polar surface area (TPSA) is 0 Å². The van der Waals surface area contributed by atoms with E-state index in [1.807, 2.05) is 0 Å². The van der Waals surface area contributed by atoms with Gasteiger partial charge in [0.25, 0.3) is 0 Å². The molecule has 0 saturated heterocycles. The van der Waals surface area contributed by atoms with Gasteiger partial charge in [-0.1, -0.05) is 236 Å². The quantitative estimate of drug-likeness (QED) is 0.149. The van der Waals surface area contributed by atoms with Crippen LogP contribution >= 0.6 is 0 Å². The zero-order valence-electron chi connectivity index (χ0n) is 43.6. The van der Waals surface area contributed by atoms with Crippen LogP contribution in [0.25, 0.3) is 111 Å². The third-order valence-corrected chi connectivity index (χ3v) is 17.5. The number of fused-ring (bicyclic) bond motifs is 9. The Morgan fingerprint density at radius 2 is 0.387 bits per heavy atom. The molecule has 0 amide bonds. The summed E-state index contributed by atoms with van der Waals surface area (Å²) in [6.07, 6.45) is 0. The van der Waals surface area contributed by atoms with Gasteiger partial charge in [-0.25, -0.2) is 0 Å². The van der Waals surface area contributed by atoms with E-state index < -0.39 is 0 Å². The van der Waals surface area contributed by atoms with E-state index in [0.717, 1.165) is 0 Å². The highest BCUT2D eigenvalue weighted by Gasteiger charge is 2.39. The lowest BCUT2D eigenvalue weighted by Crippen LogP contribution is -2.16. The summed E-state index contributed by atoms with van der Waals surface area (Å²) in [6.45, 7) is 14.4. The second kappa shape index (κ2) is 16.7. The van der Waals surface area contributed by atoms with Crippen molar-refractivity contribution in [3.8, 4) is 111 Å². The molecule has 0 aromatic heterocycles. The van der Waals surface area contributed by atoms with Crippen LogP contribution in [0.4, 0.5) is 0 Å². The molecule has 0 heteroatoms. The molecule has 0 heterocycles. The van der Waals surface area contributed by atoms with Crippen LogP contribution in [0.5, 0.6) is 0 Å². The molecule has 0 aliphatic heterocycles. The molecule has 3 aliphatic rings. The van der Waals surface area contributed by atoms with Crippen molar-refractivity contribution in [1.82, 2.24) is 0 Å². The van der Waals surface area contributed by atoms with Gasteiger partial charge >= 0.3 is 0 Å². The first-order valence-corrected chi connectivity index (χ1v) is 26.7. The number of hydrogen-bond acceptors (Lipinski definition) is 0. The number of benzene rings is 11. The van der Waals surface area contributed by atoms with Gasteiger partial charge in [0.1, 0.15) is 0 Å². The van der Waals surface area contributed by atoms with E-state index in [1.165, 1.54) is 145 Å². The van der Waals surface area contributed by atoms with Crippen molar-refractivity contribution >= 4 is 0 Å². The summed E-state index contributed by atoms with van der Waals surface area (Å²) in [5.74, 6) is 0. The summed E-state index contributed by atoms with van der Waals surface area (Å²) < 4.78 is 0. The van der Waals surface area contributed by atoms with E-state index >= 15 is 0 Å². The maximum Gasteiger partial charge on any atom is 0.0159 e. The first kappa shape index (κ1) is 45.1. The molecule has 0 N–H and O–H groups in total. The average Bonchev–Trinajstić information content (AvgIpc) is 4.03. The van der Waals surface area contributed by atoms with Gasteiger partial charge < -0.3 is 0 Å². The second-order valence-electron chi connectivity index (χ2n) is 22.9. The van der Waals surface area contributed by atoms with Crippen molar-refractivity contribution in [3.63, 3.8) is 0 Å². The molecule has 358 valence electrons. The van der Waals surface area contributed by atoms with Gasteiger partial charge in [-0.15, -0.1) is 0 Å². The molecule has 75 heavy (non-hydrogen) atoms. The van der Waals surface area contributed by atoms with Crippen LogP contribution in [0, 0.1) is 0 Å². The Morgan fingerprint density at radius 3 is 0.720 bits per heavy atom. The Kier molecular flexibility index (Phi) is 10.0. The molecule has 0 spiro atoms. The number of rotatable bonds is 7. The fourth-order valence-corrected chi connectivity index (χ4v) is 13.3. The van der Waals surface area contributed by atoms with E-state index in [1.54, 1.807) is 0 Å². The van der Waals surface area contributed by atoms with Crippen molar-refractivity contribution in [2.75, 3.05) is 0 Å². The van der Waals surface area contributed by atoms with Gasteiger partial charge in [0.15, 0.2) is 0 Å². The predicted octanol–water partition coefficient (Wildman–Crippen LogP) is 20.3. The minimum absolute atomic E-state index is 0.149. The third-order valence-electron chi connectivity index (χ3n) is 17.5. The molecule has 11 aromatic carbocycles. The fourth-order valence-electron chi connectivity index (χ4n) is 13.3. The second-order valence-corrected chi connectivity index (χ2v) is 22.9. The Labute approximate surface area is 442 Å². The first-order chi connectivity index (χ1) is 36.4. The molecule has 0 atom stereocenters. The molecule has 0 saturated carbocycles. The van der Waals surface area contributed by atoms with Crippen molar-refractivity contribution in [2.45, 2.75) is 57.8 Å². The van der Waals surface area contributed by atoms with Crippen LogP contribution < -0.4 is 0 Å². The Morgan fingerprint density at radius 1 is 0.160 bits per heavy atom. The Hall–Kier alpha value is -8.58. The lowest BCUT2D eigenvalue weighted by Gasteiger charge is -2.24. The SMILES string of the molecule is CC1(C)c2cc(-c3cccc(-c4cccc(-c5ccccc5)c4)c3)ccc2-c2ccc(-c3ccc4c(c3)C(C)(C)c3cc(-c5ccc6c(c5)C(C)(C)c5cc(-c7ccccc7-c7ccccc7)ccc5-6)ccc3-4)cc21. The van der Waals surface area contributed by atoms with E-state index in [4.69, 9.17) is 0 Å². The lowest BCUT2D eigenvalue weighted by molar-refractivity contribution is 0.659. The minimum Gasteiger partial charge on any atom is -0.0622 e. The van der Waals surface area contributed by atoms with Gasteiger partial charge in [0.2, 0.25) is 0 Å². The minimum atomic E-state index is -0.167. The van der Waals surface area contributed by atoms with Crippen LogP contribution in [0.1, 0.15) is 74.9 Å². The van der Waals surface area contributed by atoms with Crippen molar-refractivity contribution in [1.29, 1.82) is 0 Å². The van der Waals surface area contributed by atoms with E-state index in [-0.39, 0.29) is 16.2 Å². The maximum atomic E-state index is 2.48. The van der Waals surface area contributed by atoms with Crippen molar-refractivity contribution in [3.05, 3.63) is 276 Å². The van der Waals surface area contributed by atoms with Crippen LogP contribution in [-0.2, 0) is 16.2 Å². The zero-order valence-corrected chi connectivity index (χ0v) is 43.6. The molecule has 0 fully saturated rings. The largest absolute Gasteiger partial charge is 0.0622 e. The molecular weight excluding hydrogens is 901 g/mol. The zero-order chi connectivity index (χ0) is 50.8. The summed E-state index contributed by atoms with van der Waals surface area (Å²) in [5.41, 5.74) is 33.4. The van der Waals surface area contributed by atoms with E-state index in [0.29, 0.717) is 0 Å². The summed E-state index contributed by atoms with van der Waals surface area (Å²) >= 11 is 0. The normalized spacial score (nSPS) is 14.6. The highest BCUT2D eigenvalue weighted by Crippen LogP contribution is 2.55. The first-order valence-electron chi connectivity index (χ1n) is 26.7. The molecular formula is C75H58. The smallest absolute Gasteiger partial charge is 0.0159 e. The molecule has 0 bridgehead atoms. The molecule has 3 aliphatic carbocycles. The van der Waals surface area contributed by atoms with Gasteiger partial charge in [-0.2, -0.15) is 0 Å². The molecule has 0 unspecified atom stereocenters. The average molecular weight is 959 g/mol. The summed E-state index contributed by atoms with van der Waals surface area (Å²) in [5, 5.41) is 0. The van der Waals surface area contributed by atoms with Gasteiger partial charge in [0.05, 0.1) is 0 Å². The van der Waals surface area contributed by atoms with Crippen LogP contribution in [0.3, 0.4) is 0 Å². The van der Waals surface area contributed by atoms with E-state index in [9.17, 15) is 0 Å². The van der Waals surface area contributed by atoms with Gasteiger partial charge in [-0.3, -0.25) is 0 Å². The van der Waals surface area contributed by atoms with E-state index in [2.05, 4.69) is 284 Å². The molecule has 0 radical (unpaired) electrons. The molecule has 0 nitrogen and oxygen atoms in total. The lowest BCUT2D eigenvalue weighted by atomic mass is 9.79. The highest BCUT2D eigenvalue weighted by atomic mass is 14.4. The van der Waals surface area contributed by atoms with Crippen LogP contribution in [0.2, 0.25) is 0 Å². The Balaban J connectivity index is 0.737.